The Labute approximate surface area is 104 Å². The van der Waals surface area contributed by atoms with Crippen molar-refractivity contribution in [1.29, 1.82) is 0 Å². The minimum Gasteiger partial charge on any atom is -0.395 e. The molecule has 0 heterocycles. The van der Waals surface area contributed by atoms with Crippen LogP contribution in [-0.4, -0.2) is 59.6 Å². The summed E-state index contributed by atoms with van der Waals surface area (Å²) in [6.07, 6.45) is 4.91. The lowest BCUT2D eigenvalue weighted by molar-refractivity contribution is -0.135. The Morgan fingerprint density at radius 1 is 1.35 bits per heavy atom. The van der Waals surface area contributed by atoms with E-state index in [0.717, 1.165) is 5.92 Å². The molecule has 2 rings (SSSR count). The van der Waals surface area contributed by atoms with Crippen LogP contribution in [-0.2, 0) is 4.79 Å². The molecule has 17 heavy (non-hydrogen) atoms. The van der Waals surface area contributed by atoms with Gasteiger partial charge >= 0.3 is 0 Å². The maximum absolute atomic E-state index is 12.3. The van der Waals surface area contributed by atoms with Crippen molar-refractivity contribution in [2.45, 2.75) is 44.7 Å². The lowest BCUT2D eigenvalue weighted by Gasteiger charge is -2.31. The third-order valence-electron chi connectivity index (χ3n) is 3.86. The zero-order valence-electron chi connectivity index (χ0n) is 10.9. The van der Waals surface area contributed by atoms with E-state index in [4.69, 9.17) is 5.11 Å². The number of hydrogen-bond acceptors (Lipinski definition) is 3. The molecule has 2 aliphatic rings. The zero-order chi connectivity index (χ0) is 12.4. The van der Waals surface area contributed by atoms with Crippen molar-refractivity contribution in [2.75, 3.05) is 26.7 Å². The number of carbonyl (C=O) groups excluding carboxylic acids is 1. The lowest BCUT2D eigenvalue weighted by atomic mass is 10.1. The predicted octanol–water partition coefficient (Wildman–Crippen LogP) is 0.700. The minimum absolute atomic E-state index is 0.116. The summed E-state index contributed by atoms with van der Waals surface area (Å²) in [5.74, 6) is 0.977. The second-order valence-corrected chi connectivity index (χ2v) is 5.57. The molecule has 1 N–H and O–H groups in total. The van der Waals surface area contributed by atoms with Gasteiger partial charge in [-0.15, -0.1) is 0 Å². The number of aliphatic hydroxyl groups is 1. The smallest absolute Gasteiger partial charge is 0.237 e. The number of carbonyl (C=O) groups is 1. The molecule has 2 saturated carbocycles. The van der Waals surface area contributed by atoms with Gasteiger partial charge in [-0.25, -0.2) is 0 Å². The summed E-state index contributed by atoms with van der Waals surface area (Å²) in [7, 11) is 1.89. The highest BCUT2D eigenvalue weighted by molar-refractivity contribution is 5.79. The Kier molecular flexibility index (Phi) is 4.05. The Morgan fingerprint density at radius 3 is 2.47 bits per heavy atom. The Bertz CT molecular complexity index is 275. The first-order valence-electron chi connectivity index (χ1n) is 6.74. The molecule has 2 fully saturated rings. The van der Waals surface area contributed by atoms with Gasteiger partial charge in [0.15, 0.2) is 0 Å². The average molecular weight is 240 g/mol. The number of amides is 1. The van der Waals surface area contributed by atoms with Crippen molar-refractivity contribution in [3.63, 3.8) is 0 Å². The van der Waals surface area contributed by atoms with Crippen molar-refractivity contribution < 1.29 is 9.90 Å². The van der Waals surface area contributed by atoms with Crippen molar-refractivity contribution >= 4 is 5.91 Å². The summed E-state index contributed by atoms with van der Waals surface area (Å²) in [6, 6.07) is 0.915. The fourth-order valence-electron chi connectivity index (χ4n) is 2.48. The highest BCUT2D eigenvalue weighted by Crippen LogP contribution is 2.39. The van der Waals surface area contributed by atoms with E-state index >= 15 is 0 Å². The van der Waals surface area contributed by atoms with Gasteiger partial charge in [0.1, 0.15) is 0 Å². The monoisotopic (exact) mass is 240 g/mol. The molecule has 4 nitrogen and oxygen atoms in total. The van der Waals surface area contributed by atoms with Gasteiger partial charge in [0.25, 0.3) is 0 Å². The van der Waals surface area contributed by atoms with Gasteiger partial charge in [-0.2, -0.15) is 0 Å². The van der Waals surface area contributed by atoms with Gasteiger partial charge in [0.2, 0.25) is 5.91 Å². The molecule has 0 bridgehead atoms. The molecule has 0 radical (unpaired) electrons. The van der Waals surface area contributed by atoms with Gasteiger partial charge in [0.05, 0.1) is 13.2 Å². The van der Waals surface area contributed by atoms with Gasteiger partial charge in [-0.05, 0) is 45.6 Å². The van der Waals surface area contributed by atoms with Crippen LogP contribution in [0.5, 0.6) is 0 Å². The molecule has 1 atom stereocenters. The van der Waals surface area contributed by atoms with E-state index in [1.54, 1.807) is 0 Å². The molecule has 0 aromatic heterocycles. The van der Waals surface area contributed by atoms with Crippen LogP contribution >= 0.6 is 0 Å². The molecular formula is C13H24N2O2. The van der Waals surface area contributed by atoms with E-state index in [9.17, 15) is 4.79 Å². The van der Waals surface area contributed by atoms with Crippen LogP contribution in [0, 0.1) is 5.92 Å². The Hall–Kier alpha value is -0.610. The summed E-state index contributed by atoms with van der Waals surface area (Å²) < 4.78 is 0. The highest BCUT2D eigenvalue weighted by Gasteiger charge is 2.41. The van der Waals surface area contributed by atoms with Gasteiger partial charge < -0.3 is 10.0 Å². The highest BCUT2D eigenvalue weighted by atomic mass is 16.3. The maximum Gasteiger partial charge on any atom is 0.237 e. The molecule has 2 aliphatic carbocycles. The molecule has 0 saturated heterocycles. The molecule has 0 aliphatic heterocycles. The van der Waals surface area contributed by atoms with E-state index in [-0.39, 0.29) is 12.5 Å². The number of likely N-dealkylation sites (N-methyl/N-ethyl adjacent to an activating group) is 1. The zero-order valence-corrected chi connectivity index (χ0v) is 10.9. The van der Waals surface area contributed by atoms with Crippen molar-refractivity contribution in [3.05, 3.63) is 0 Å². The fraction of sp³-hybridized carbons (Fsp3) is 0.923. The van der Waals surface area contributed by atoms with Crippen LogP contribution in [0.15, 0.2) is 0 Å². The normalized spacial score (nSPS) is 21.6. The number of aliphatic hydroxyl groups excluding tert-OH is 1. The quantitative estimate of drug-likeness (QED) is 0.712. The van der Waals surface area contributed by atoms with Crippen LogP contribution < -0.4 is 0 Å². The van der Waals surface area contributed by atoms with Crippen LogP contribution in [0.4, 0.5) is 0 Å². The Balaban J connectivity index is 1.88. The first-order chi connectivity index (χ1) is 8.13. The largest absolute Gasteiger partial charge is 0.395 e. The first-order valence-corrected chi connectivity index (χ1v) is 6.74. The second kappa shape index (κ2) is 5.36. The number of rotatable bonds is 7. The summed E-state index contributed by atoms with van der Waals surface area (Å²) in [5, 5.41) is 8.85. The third-order valence-corrected chi connectivity index (χ3v) is 3.86. The van der Waals surface area contributed by atoms with E-state index in [1.807, 2.05) is 11.9 Å². The first kappa shape index (κ1) is 12.8. The maximum atomic E-state index is 12.3. The molecule has 1 amide bonds. The summed E-state index contributed by atoms with van der Waals surface area (Å²) in [5.41, 5.74) is 0. The van der Waals surface area contributed by atoms with Gasteiger partial charge in [-0.1, -0.05) is 0 Å². The molecule has 98 valence electrons. The topological polar surface area (TPSA) is 43.8 Å². The number of hydrogen-bond donors (Lipinski definition) is 1. The minimum atomic E-state index is 0.116. The van der Waals surface area contributed by atoms with Crippen LogP contribution in [0.25, 0.3) is 0 Å². The lowest BCUT2D eigenvalue weighted by Crippen LogP contribution is -2.46. The van der Waals surface area contributed by atoms with Gasteiger partial charge in [0, 0.05) is 18.6 Å². The second-order valence-electron chi connectivity index (χ2n) is 5.57. The fourth-order valence-corrected chi connectivity index (χ4v) is 2.48. The molecule has 0 aromatic carbocycles. The third kappa shape index (κ3) is 3.42. The standard InChI is InChI=1S/C13H24N2O2/c1-10(11-3-4-11)15(12-5-6-12)13(17)9-14(2)7-8-16/h10-12,16H,3-9H2,1-2H3. The molecular weight excluding hydrogens is 216 g/mol. The van der Waals surface area contributed by atoms with Crippen LogP contribution in [0.2, 0.25) is 0 Å². The summed E-state index contributed by atoms with van der Waals surface area (Å²) in [6.45, 7) is 3.32. The number of nitrogens with zero attached hydrogens (tertiary/aromatic N) is 2. The molecule has 0 aromatic rings. The van der Waals surface area contributed by atoms with Crippen molar-refractivity contribution in [3.8, 4) is 0 Å². The molecule has 1 unspecified atom stereocenters. The molecule has 4 heteroatoms. The van der Waals surface area contributed by atoms with Crippen LogP contribution in [0.3, 0.4) is 0 Å². The van der Waals surface area contributed by atoms with Crippen LogP contribution in [0.1, 0.15) is 32.6 Å². The average Bonchev–Trinajstić information content (AvgIpc) is 3.13. The molecule has 0 spiro atoms. The van der Waals surface area contributed by atoms with Crippen molar-refractivity contribution in [2.24, 2.45) is 5.92 Å². The summed E-state index contributed by atoms with van der Waals surface area (Å²) >= 11 is 0. The predicted molar refractivity (Wildman–Crippen MR) is 66.6 cm³/mol. The van der Waals surface area contributed by atoms with E-state index in [2.05, 4.69) is 11.8 Å². The van der Waals surface area contributed by atoms with E-state index < -0.39 is 0 Å². The van der Waals surface area contributed by atoms with E-state index in [1.165, 1.54) is 25.7 Å². The van der Waals surface area contributed by atoms with E-state index in [0.29, 0.717) is 25.2 Å². The SMILES string of the molecule is CC(C1CC1)N(C(=O)CN(C)CCO)C1CC1. The van der Waals surface area contributed by atoms with Crippen molar-refractivity contribution in [1.82, 2.24) is 9.80 Å². The summed E-state index contributed by atoms with van der Waals surface area (Å²) in [4.78, 5) is 16.3. The van der Waals surface area contributed by atoms with Gasteiger partial charge in [-0.3, -0.25) is 9.69 Å². The Morgan fingerprint density at radius 2 is 2.00 bits per heavy atom.